The lowest BCUT2D eigenvalue weighted by atomic mass is 10.1. The number of rotatable bonds is 7. The average molecular weight is 386 g/mol. The van der Waals surface area contributed by atoms with Crippen molar-refractivity contribution in [2.75, 3.05) is 13.2 Å². The number of aromatic nitrogens is 2. The van der Waals surface area contributed by atoms with Crippen LogP contribution in [0, 0.1) is 5.92 Å². The molecule has 1 unspecified atom stereocenters. The molecule has 1 aromatic carbocycles. The monoisotopic (exact) mass is 385 g/mol. The van der Waals surface area contributed by atoms with Crippen LogP contribution < -0.4 is 4.74 Å². The Kier molecular flexibility index (Phi) is 5.23. The molecular formula is C21H24ClN3O2. The molecule has 6 heteroatoms. The number of allylic oxidation sites excluding steroid dienone is 2. The molecule has 142 valence electrons. The molecule has 0 bridgehead atoms. The van der Waals surface area contributed by atoms with Crippen molar-refractivity contribution in [1.82, 2.24) is 14.7 Å². The van der Waals surface area contributed by atoms with E-state index in [2.05, 4.69) is 12.0 Å². The highest BCUT2D eigenvalue weighted by atomic mass is 35.5. The van der Waals surface area contributed by atoms with Crippen molar-refractivity contribution in [2.24, 2.45) is 5.92 Å². The van der Waals surface area contributed by atoms with E-state index in [0.717, 1.165) is 42.1 Å². The first-order valence-electron chi connectivity index (χ1n) is 9.45. The van der Waals surface area contributed by atoms with Crippen LogP contribution in [0.1, 0.15) is 26.2 Å². The second kappa shape index (κ2) is 7.79. The van der Waals surface area contributed by atoms with Crippen LogP contribution in [0.2, 0.25) is 5.02 Å². The zero-order valence-electron chi connectivity index (χ0n) is 15.4. The van der Waals surface area contributed by atoms with Crippen LogP contribution in [0.5, 0.6) is 5.75 Å². The number of halogens is 1. The van der Waals surface area contributed by atoms with E-state index >= 15 is 0 Å². The molecule has 0 saturated heterocycles. The molecule has 1 N–H and O–H groups in total. The minimum Gasteiger partial charge on any atom is -0.493 e. The van der Waals surface area contributed by atoms with Gasteiger partial charge in [-0.3, -0.25) is 0 Å². The topological polar surface area (TPSA) is 50.5 Å². The van der Waals surface area contributed by atoms with E-state index in [1.807, 2.05) is 41.6 Å². The molecule has 5 nitrogen and oxygen atoms in total. The van der Waals surface area contributed by atoms with Crippen molar-refractivity contribution >= 4 is 17.3 Å². The lowest BCUT2D eigenvalue weighted by Crippen LogP contribution is -2.32. The first-order valence-corrected chi connectivity index (χ1v) is 9.83. The molecule has 1 atom stereocenters. The summed E-state index contributed by atoms with van der Waals surface area (Å²) in [5.74, 6) is 1.52. The third-order valence-electron chi connectivity index (χ3n) is 4.84. The van der Waals surface area contributed by atoms with Crippen molar-refractivity contribution in [3.63, 3.8) is 0 Å². The number of nitrogens with zero attached hydrogens (tertiary/aromatic N) is 3. The normalized spacial score (nSPS) is 19.3. The quantitative estimate of drug-likeness (QED) is 0.767. The van der Waals surface area contributed by atoms with Crippen LogP contribution >= 0.6 is 11.6 Å². The highest BCUT2D eigenvalue weighted by molar-refractivity contribution is 6.33. The van der Waals surface area contributed by atoms with Gasteiger partial charge < -0.3 is 14.7 Å². The van der Waals surface area contributed by atoms with Crippen molar-refractivity contribution in [2.45, 2.75) is 32.4 Å². The van der Waals surface area contributed by atoms with Crippen molar-refractivity contribution in [3.8, 4) is 16.9 Å². The lowest BCUT2D eigenvalue weighted by molar-refractivity contribution is 0.0780. The molecule has 4 rings (SSSR count). The summed E-state index contributed by atoms with van der Waals surface area (Å²) in [5, 5.41) is 15.1. The number of aliphatic hydroxyl groups excluding tert-OH is 1. The van der Waals surface area contributed by atoms with Gasteiger partial charge in [0.15, 0.2) is 0 Å². The van der Waals surface area contributed by atoms with Crippen molar-refractivity contribution < 1.29 is 9.84 Å². The van der Waals surface area contributed by atoms with Gasteiger partial charge in [0.25, 0.3) is 0 Å². The van der Waals surface area contributed by atoms with E-state index in [-0.39, 0.29) is 0 Å². The Hall–Kier alpha value is -2.24. The molecule has 0 radical (unpaired) electrons. The summed E-state index contributed by atoms with van der Waals surface area (Å²) in [5.41, 5.74) is 2.77. The number of benzene rings is 1. The molecule has 1 aromatic heterocycles. The maximum atomic E-state index is 10.0. The SMILES string of the molecule is CCCN1C=C(n2cc(-c3ccc(OCC4CC4)cc3Cl)cn2)C=CC1O. The van der Waals surface area contributed by atoms with Crippen LogP contribution in [0.15, 0.2) is 48.9 Å². The molecule has 27 heavy (non-hydrogen) atoms. The Morgan fingerprint density at radius 1 is 1.33 bits per heavy atom. The summed E-state index contributed by atoms with van der Waals surface area (Å²) in [4.78, 5) is 1.90. The van der Waals surface area contributed by atoms with Gasteiger partial charge in [0.05, 0.1) is 23.5 Å². The summed E-state index contributed by atoms with van der Waals surface area (Å²) in [6.07, 6.45) is 12.2. The number of hydrogen-bond acceptors (Lipinski definition) is 4. The van der Waals surface area contributed by atoms with Gasteiger partial charge in [-0.25, -0.2) is 4.68 Å². The highest BCUT2D eigenvalue weighted by Crippen LogP contribution is 2.33. The van der Waals surface area contributed by atoms with Gasteiger partial charge in [0.1, 0.15) is 12.0 Å². The van der Waals surface area contributed by atoms with E-state index in [0.29, 0.717) is 10.9 Å². The summed E-state index contributed by atoms with van der Waals surface area (Å²) in [6, 6.07) is 5.81. The molecule has 0 spiro atoms. The highest BCUT2D eigenvalue weighted by Gasteiger charge is 2.22. The fourth-order valence-corrected chi connectivity index (χ4v) is 3.38. The molecule has 1 fully saturated rings. The molecular weight excluding hydrogens is 362 g/mol. The smallest absolute Gasteiger partial charge is 0.146 e. The van der Waals surface area contributed by atoms with Gasteiger partial charge in [0, 0.05) is 30.1 Å². The molecule has 2 heterocycles. The van der Waals surface area contributed by atoms with E-state index < -0.39 is 6.23 Å². The van der Waals surface area contributed by atoms with Gasteiger partial charge in [-0.1, -0.05) is 18.5 Å². The zero-order chi connectivity index (χ0) is 18.8. The van der Waals surface area contributed by atoms with Gasteiger partial charge in [-0.2, -0.15) is 5.10 Å². The first-order chi connectivity index (χ1) is 13.1. The minimum atomic E-state index is -0.582. The molecule has 2 aromatic rings. The Morgan fingerprint density at radius 3 is 2.93 bits per heavy atom. The zero-order valence-corrected chi connectivity index (χ0v) is 16.1. The van der Waals surface area contributed by atoms with E-state index in [1.165, 1.54) is 12.8 Å². The number of aliphatic hydroxyl groups is 1. The molecule has 0 amide bonds. The third-order valence-corrected chi connectivity index (χ3v) is 5.15. The molecule has 1 saturated carbocycles. The van der Waals surface area contributed by atoms with Gasteiger partial charge in [-0.05, 0) is 55.5 Å². The van der Waals surface area contributed by atoms with Gasteiger partial charge in [-0.15, -0.1) is 0 Å². The van der Waals surface area contributed by atoms with Crippen molar-refractivity contribution in [1.29, 1.82) is 0 Å². The molecule has 2 aliphatic rings. The summed E-state index contributed by atoms with van der Waals surface area (Å²) in [7, 11) is 0. The maximum absolute atomic E-state index is 10.0. The Labute approximate surface area is 164 Å². The summed E-state index contributed by atoms with van der Waals surface area (Å²) in [6.45, 7) is 3.65. The predicted octanol–water partition coefficient (Wildman–Crippen LogP) is 4.39. The minimum absolute atomic E-state index is 0.582. The van der Waals surface area contributed by atoms with Gasteiger partial charge >= 0.3 is 0 Å². The maximum Gasteiger partial charge on any atom is 0.146 e. The van der Waals surface area contributed by atoms with Crippen LogP contribution in [-0.2, 0) is 0 Å². The standard InChI is InChI=1S/C21H24ClN3O2/c1-2-9-24-13-17(5-8-21(24)26)25-12-16(11-23-25)19-7-6-18(10-20(19)22)27-14-15-3-4-15/h5-8,10-13,15,21,26H,2-4,9,14H2,1H3. The molecule has 1 aliphatic carbocycles. The predicted molar refractivity (Wildman–Crippen MR) is 107 cm³/mol. The lowest BCUT2D eigenvalue weighted by Gasteiger charge is -2.27. The van der Waals surface area contributed by atoms with Crippen LogP contribution in [0.3, 0.4) is 0 Å². The fraction of sp³-hybridized carbons (Fsp3) is 0.381. The molecule has 1 aliphatic heterocycles. The Morgan fingerprint density at radius 2 is 2.19 bits per heavy atom. The number of ether oxygens (including phenoxy) is 1. The largest absolute Gasteiger partial charge is 0.493 e. The van der Waals surface area contributed by atoms with Crippen LogP contribution in [-0.4, -0.2) is 39.2 Å². The average Bonchev–Trinajstić information content (AvgIpc) is 3.37. The fourth-order valence-electron chi connectivity index (χ4n) is 3.10. The van der Waals surface area contributed by atoms with Crippen LogP contribution in [0.4, 0.5) is 0 Å². The Bertz CT molecular complexity index is 870. The van der Waals surface area contributed by atoms with E-state index in [4.69, 9.17) is 16.3 Å². The summed E-state index contributed by atoms with van der Waals surface area (Å²) >= 11 is 6.49. The summed E-state index contributed by atoms with van der Waals surface area (Å²) < 4.78 is 7.59. The third kappa shape index (κ3) is 4.20. The van der Waals surface area contributed by atoms with E-state index in [1.54, 1.807) is 17.0 Å². The van der Waals surface area contributed by atoms with E-state index in [9.17, 15) is 5.11 Å². The second-order valence-corrected chi connectivity index (χ2v) is 7.54. The number of hydrogen-bond donors (Lipinski definition) is 1. The second-order valence-electron chi connectivity index (χ2n) is 7.13. The van der Waals surface area contributed by atoms with Crippen LogP contribution in [0.25, 0.3) is 16.8 Å². The first kappa shape index (κ1) is 18.1. The van der Waals surface area contributed by atoms with Gasteiger partial charge in [0.2, 0.25) is 0 Å². The van der Waals surface area contributed by atoms with Crippen molar-refractivity contribution in [3.05, 3.63) is 54.0 Å². The Balaban J connectivity index is 1.52.